The largest absolute Gasteiger partial charge is 0.383 e. The first-order chi connectivity index (χ1) is 8.42. The predicted molar refractivity (Wildman–Crippen MR) is 64.6 cm³/mol. The highest BCUT2D eigenvalue weighted by atomic mass is 16.5. The van der Waals surface area contributed by atoms with Crippen LogP contribution in [-0.2, 0) is 16.0 Å². The second kappa shape index (κ2) is 6.58. The molecule has 0 atom stereocenters. The van der Waals surface area contributed by atoms with Crippen LogP contribution in [0.3, 0.4) is 0 Å². The average molecular weight is 240 g/mol. The minimum atomic E-state index is 0.728. The smallest absolute Gasteiger partial charge is 0.114 e. The molecule has 1 saturated heterocycles. The van der Waals surface area contributed by atoms with E-state index in [0.717, 1.165) is 46.0 Å². The number of rotatable bonds is 6. The van der Waals surface area contributed by atoms with Crippen molar-refractivity contribution in [1.29, 1.82) is 0 Å². The molecule has 0 amide bonds. The molecule has 1 aliphatic heterocycles. The summed E-state index contributed by atoms with van der Waals surface area (Å²) in [6.45, 7) is 5.80. The molecule has 17 heavy (non-hydrogen) atoms. The zero-order chi connectivity index (χ0) is 11.9. The lowest BCUT2D eigenvalue weighted by Gasteiger charge is -2.30. The van der Waals surface area contributed by atoms with E-state index in [2.05, 4.69) is 20.0 Å². The van der Waals surface area contributed by atoms with E-state index in [1.54, 1.807) is 7.11 Å². The molecule has 2 heterocycles. The number of nitrogens with zero attached hydrogens (tertiary/aromatic N) is 3. The maximum atomic E-state index is 5.34. The number of hydrogen-bond donors (Lipinski definition) is 1. The number of methoxy groups -OCH3 is 1. The Morgan fingerprint density at radius 3 is 3.06 bits per heavy atom. The molecule has 1 aromatic rings. The third-order valence-electron chi connectivity index (χ3n) is 2.78. The van der Waals surface area contributed by atoms with Gasteiger partial charge in [0.15, 0.2) is 0 Å². The molecule has 1 fully saturated rings. The Bertz CT molecular complexity index is 323. The van der Waals surface area contributed by atoms with Gasteiger partial charge in [0.2, 0.25) is 0 Å². The van der Waals surface area contributed by atoms with Crippen LogP contribution < -0.4 is 10.3 Å². The van der Waals surface area contributed by atoms with Crippen LogP contribution in [0.5, 0.6) is 0 Å². The fourth-order valence-electron chi connectivity index (χ4n) is 1.86. The van der Waals surface area contributed by atoms with Crippen molar-refractivity contribution in [2.24, 2.45) is 0 Å². The molecule has 0 aromatic carbocycles. The van der Waals surface area contributed by atoms with Crippen LogP contribution in [0.1, 0.15) is 5.69 Å². The van der Waals surface area contributed by atoms with Crippen LogP contribution in [0, 0.1) is 0 Å². The van der Waals surface area contributed by atoms with Crippen LogP contribution in [0.2, 0.25) is 0 Å². The topological polar surface area (TPSA) is 51.5 Å². The average Bonchev–Trinajstić information content (AvgIpc) is 2.84. The molecule has 0 unspecified atom stereocenters. The monoisotopic (exact) mass is 240 g/mol. The minimum Gasteiger partial charge on any atom is -0.383 e. The van der Waals surface area contributed by atoms with Crippen LogP contribution in [0.4, 0.5) is 0 Å². The summed E-state index contributed by atoms with van der Waals surface area (Å²) in [5.74, 6) is 0. The van der Waals surface area contributed by atoms with E-state index < -0.39 is 0 Å². The number of imidazole rings is 1. The third kappa shape index (κ3) is 3.42. The first-order valence-corrected chi connectivity index (χ1v) is 5.95. The lowest BCUT2D eigenvalue weighted by molar-refractivity contribution is 0.110. The molecule has 0 bridgehead atoms. The number of hydrogen-bond acceptors (Lipinski definition) is 5. The Morgan fingerprint density at radius 1 is 1.47 bits per heavy atom. The van der Waals surface area contributed by atoms with Gasteiger partial charge in [-0.15, -0.1) is 0 Å². The molecule has 1 aliphatic rings. The number of ether oxygens (including phenoxy) is 2. The fraction of sp³-hybridized carbons (Fsp3) is 0.727. The zero-order valence-electron chi connectivity index (χ0n) is 10.3. The molecule has 6 nitrogen and oxygen atoms in total. The van der Waals surface area contributed by atoms with Crippen molar-refractivity contribution < 1.29 is 9.47 Å². The van der Waals surface area contributed by atoms with Crippen molar-refractivity contribution in [2.45, 2.75) is 6.54 Å². The van der Waals surface area contributed by atoms with Gasteiger partial charge in [-0.3, -0.25) is 0 Å². The molecule has 0 spiro atoms. The molecule has 1 aromatic heterocycles. The summed E-state index contributed by atoms with van der Waals surface area (Å²) in [7, 11) is 1.71. The molecule has 0 saturated carbocycles. The summed E-state index contributed by atoms with van der Waals surface area (Å²) in [6, 6.07) is 0. The Kier molecular flexibility index (Phi) is 4.78. The number of morpholine rings is 1. The van der Waals surface area contributed by atoms with Gasteiger partial charge in [-0.1, -0.05) is 0 Å². The van der Waals surface area contributed by atoms with Crippen molar-refractivity contribution in [3.8, 4) is 0 Å². The van der Waals surface area contributed by atoms with Crippen molar-refractivity contribution in [3.05, 3.63) is 18.2 Å². The molecule has 0 radical (unpaired) electrons. The molecule has 0 aliphatic carbocycles. The van der Waals surface area contributed by atoms with E-state index in [4.69, 9.17) is 9.47 Å². The maximum Gasteiger partial charge on any atom is 0.114 e. The molecule has 6 heteroatoms. The van der Waals surface area contributed by atoms with Crippen LogP contribution >= 0.6 is 0 Å². The van der Waals surface area contributed by atoms with Crippen LogP contribution in [0.15, 0.2) is 12.5 Å². The Balaban J connectivity index is 1.87. The van der Waals surface area contributed by atoms with Gasteiger partial charge in [0.25, 0.3) is 0 Å². The first-order valence-electron chi connectivity index (χ1n) is 5.95. The van der Waals surface area contributed by atoms with Crippen LogP contribution in [0.25, 0.3) is 0 Å². The van der Waals surface area contributed by atoms with E-state index in [1.807, 2.05) is 12.5 Å². The summed E-state index contributed by atoms with van der Waals surface area (Å²) in [5, 5.41) is 5.58. The maximum absolute atomic E-state index is 5.34. The Labute approximate surface area is 101 Å². The molecule has 96 valence electrons. The van der Waals surface area contributed by atoms with E-state index in [1.165, 1.54) is 5.69 Å². The highest BCUT2D eigenvalue weighted by molar-refractivity contribution is 5.04. The van der Waals surface area contributed by atoms with Gasteiger partial charge in [0, 0.05) is 20.2 Å². The Hall–Kier alpha value is -1.11. The van der Waals surface area contributed by atoms with Crippen LogP contribution in [-0.4, -0.2) is 56.2 Å². The lowest BCUT2D eigenvalue weighted by Crippen LogP contribution is -2.44. The van der Waals surface area contributed by atoms with Gasteiger partial charge < -0.3 is 19.8 Å². The highest BCUT2D eigenvalue weighted by Gasteiger charge is 2.13. The van der Waals surface area contributed by atoms with E-state index in [-0.39, 0.29) is 0 Å². The van der Waals surface area contributed by atoms with Crippen molar-refractivity contribution in [1.82, 2.24) is 15.0 Å². The molecular weight excluding hydrogens is 220 g/mol. The number of nitrogens with one attached hydrogen (secondary N) is 1. The first kappa shape index (κ1) is 12.3. The third-order valence-corrected chi connectivity index (χ3v) is 2.78. The second-order valence-electron chi connectivity index (χ2n) is 3.97. The SMILES string of the molecule is COCCNCc1cncn1N1CCOCC1. The summed E-state index contributed by atoms with van der Waals surface area (Å²) in [6.07, 6.45) is 3.76. The summed E-state index contributed by atoms with van der Waals surface area (Å²) in [4.78, 5) is 4.21. The van der Waals surface area contributed by atoms with E-state index in [9.17, 15) is 0 Å². The molecular formula is C11H20N4O2. The highest BCUT2D eigenvalue weighted by Crippen LogP contribution is 2.03. The van der Waals surface area contributed by atoms with E-state index in [0.29, 0.717) is 0 Å². The van der Waals surface area contributed by atoms with Crippen molar-refractivity contribution in [2.75, 3.05) is 51.6 Å². The standard InChI is InChI=1S/C11H20N4O2/c1-16-5-2-12-8-11-9-13-10-15(11)14-3-6-17-7-4-14/h9-10,12H,2-8H2,1H3. The lowest BCUT2D eigenvalue weighted by atomic mass is 10.4. The minimum absolute atomic E-state index is 0.728. The normalized spacial score (nSPS) is 16.4. The predicted octanol–water partition coefficient (Wildman–Crippen LogP) is -0.413. The van der Waals surface area contributed by atoms with Gasteiger partial charge in [0.05, 0.1) is 44.8 Å². The quantitative estimate of drug-likeness (QED) is 0.685. The van der Waals surface area contributed by atoms with Gasteiger partial charge >= 0.3 is 0 Å². The summed E-state index contributed by atoms with van der Waals surface area (Å²) < 4.78 is 12.5. The zero-order valence-corrected chi connectivity index (χ0v) is 10.3. The van der Waals surface area contributed by atoms with Gasteiger partial charge in [-0.25, -0.2) is 9.66 Å². The van der Waals surface area contributed by atoms with Gasteiger partial charge in [-0.2, -0.15) is 0 Å². The van der Waals surface area contributed by atoms with Crippen molar-refractivity contribution in [3.63, 3.8) is 0 Å². The van der Waals surface area contributed by atoms with Gasteiger partial charge in [-0.05, 0) is 0 Å². The summed E-state index contributed by atoms with van der Waals surface area (Å²) in [5.41, 5.74) is 1.17. The van der Waals surface area contributed by atoms with E-state index >= 15 is 0 Å². The second-order valence-corrected chi connectivity index (χ2v) is 3.97. The van der Waals surface area contributed by atoms with Crippen molar-refractivity contribution >= 4 is 0 Å². The van der Waals surface area contributed by atoms with Gasteiger partial charge in [0.1, 0.15) is 6.33 Å². The number of aromatic nitrogens is 2. The molecule has 1 N–H and O–H groups in total. The summed E-state index contributed by atoms with van der Waals surface area (Å²) >= 11 is 0. The fourth-order valence-corrected chi connectivity index (χ4v) is 1.86. The Morgan fingerprint density at radius 2 is 2.29 bits per heavy atom. The molecule has 2 rings (SSSR count).